The maximum Gasteiger partial charge on any atom is 0.229 e. The molecule has 11 heteroatoms. The molecule has 1 fully saturated rings. The summed E-state index contributed by atoms with van der Waals surface area (Å²) in [5.74, 6) is 1.29. The Morgan fingerprint density at radius 1 is 1.11 bits per heavy atom. The molecule has 0 aliphatic carbocycles. The molecule has 2 aromatic carbocycles. The SMILES string of the molecule is COc1cc(N2CCNCC2)c(-c2cnn(C)c2)cc1Nc1ncc(Cl)c(Nc2ccccc2C(C)=O)n1. The van der Waals surface area contributed by atoms with E-state index in [0.717, 1.165) is 43.0 Å². The zero-order chi connectivity index (χ0) is 26.6. The normalized spacial score (nSPS) is 13.3. The number of Topliss-reactive ketones (excluding diaryl/α,β-unsaturated/α-hetero) is 1. The maximum atomic E-state index is 12.1. The summed E-state index contributed by atoms with van der Waals surface area (Å²) >= 11 is 6.41. The zero-order valence-corrected chi connectivity index (χ0v) is 22.2. The number of hydrogen-bond donors (Lipinski definition) is 3. The average molecular weight is 533 g/mol. The zero-order valence-electron chi connectivity index (χ0n) is 21.5. The Balaban J connectivity index is 1.51. The van der Waals surface area contributed by atoms with E-state index < -0.39 is 0 Å². The molecule has 38 heavy (non-hydrogen) atoms. The number of aryl methyl sites for hydroxylation is 1. The minimum absolute atomic E-state index is 0.0612. The van der Waals surface area contributed by atoms with Gasteiger partial charge < -0.3 is 25.6 Å². The summed E-state index contributed by atoms with van der Waals surface area (Å²) in [6, 6.07) is 11.3. The van der Waals surface area contributed by atoms with Gasteiger partial charge in [0.05, 0.1) is 30.9 Å². The first kappa shape index (κ1) is 25.5. The summed E-state index contributed by atoms with van der Waals surface area (Å²) in [5.41, 5.74) is 4.94. The van der Waals surface area contributed by atoms with Crippen LogP contribution in [0.15, 0.2) is 55.0 Å². The van der Waals surface area contributed by atoms with Crippen molar-refractivity contribution in [3.63, 3.8) is 0 Å². The number of methoxy groups -OCH3 is 1. The molecule has 196 valence electrons. The van der Waals surface area contributed by atoms with E-state index in [9.17, 15) is 4.79 Å². The first-order valence-electron chi connectivity index (χ1n) is 12.3. The van der Waals surface area contributed by atoms with Crippen LogP contribution in [0.5, 0.6) is 5.75 Å². The molecule has 2 aromatic heterocycles. The summed E-state index contributed by atoms with van der Waals surface area (Å²) in [6.45, 7) is 5.12. The number of ketones is 1. The predicted octanol–water partition coefficient (Wildman–Crippen LogP) is 4.64. The molecule has 10 nitrogen and oxygen atoms in total. The standard InChI is InChI=1S/C27H29ClN8O2/c1-17(37)19-6-4-5-7-22(19)32-26-21(28)15-30-27(34-26)33-23-12-20(18-14-31-35(2)16-18)24(13-25(23)38-3)36-10-8-29-9-11-36/h4-7,12-16,29H,8-11H2,1-3H3,(H2,30,32,33,34). The highest BCUT2D eigenvalue weighted by Gasteiger charge is 2.20. The fourth-order valence-electron chi connectivity index (χ4n) is 4.46. The van der Waals surface area contributed by atoms with Gasteiger partial charge in [-0.1, -0.05) is 23.7 Å². The summed E-state index contributed by atoms with van der Waals surface area (Å²) in [4.78, 5) is 23.4. The van der Waals surface area contributed by atoms with Crippen molar-refractivity contribution in [3.8, 4) is 16.9 Å². The molecule has 1 aliphatic rings. The van der Waals surface area contributed by atoms with Crippen molar-refractivity contribution < 1.29 is 9.53 Å². The van der Waals surface area contributed by atoms with E-state index in [-0.39, 0.29) is 5.78 Å². The average Bonchev–Trinajstić information content (AvgIpc) is 3.37. The lowest BCUT2D eigenvalue weighted by Gasteiger charge is -2.31. The fourth-order valence-corrected chi connectivity index (χ4v) is 4.59. The first-order chi connectivity index (χ1) is 18.4. The van der Waals surface area contributed by atoms with Gasteiger partial charge >= 0.3 is 0 Å². The number of halogens is 1. The van der Waals surface area contributed by atoms with Crippen LogP contribution in [0.2, 0.25) is 5.02 Å². The first-order valence-corrected chi connectivity index (χ1v) is 12.6. The van der Waals surface area contributed by atoms with Gasteiger partial charge in [0.2, 0.25) is 5.95 Å². The van der Waals surface area contributed by atoms with E-state index in [0.29, 0.717) is 39.5 Å². The number of ether oxygens (including phenoxy) is 1. The number of aromatic nitrogens is 4. The molecule has 0 spiro atoms. The molecule has 5 rings (SSSR count). The van der Waals surface area contributed by atoms with E-state index in [4.69, 9.17) is 16.3 Å². The van der Waals surface area contributed by atoms with Crippen molar-refractivity contribution in [1.82, 2.24) is 25.1 Å². The molecule has 0 amide bonds. The predicted molar refractivity (Wildman–Crippen MR) is 150 cm³/mol. The van der Waals surface area contributed by atoms with Gasteiger partial charge in [0.25, 0.3) is 0 Å². The summed E-state index contributed by atoms with van der Waals surface area (Å²) < 4.78 is 7.56. The number of piperazine rings is 1. The van der Waals surface area contributed by atoms with Gasteiger partial charge in [0.1, 0.15) is 10.8 Å². The third-order valence-corrected chi connectivity index (χ3v) is 6.62. The molecule has 4 aromatic rings. The number of rotatable bonds is 8. The van der Waals surface area contributed by atoms with Crippen LogP contribution in [0.3, 0.4) is 0 Å². The monoisotopic (exact) mass is 532 g/mol. The second-order valence-electron chi connectivity index (χ2n) is 8.95. The molecule has 0 atom stereocenters. The number of anilines is 5. The number of para-hydroxylation sites is 1. The maximum absolute atomic E-state index is 12.1. The van der Waals surface area contributed by atoms with Crippen LogP contribution in [-0.4, -0.2) is 58.8 Å². The third-order valence-electron chi connectivity index (χ3n) is 6.34. The Morgan fingerprint density at radius 3 is 2.61 bits per heavy atom. The minimum atomic E-state index is -0.0612. The Hall–Kier alpha value is -4.15. The highest BCUT2D eigenvalue weighted by atomic mass is 35.5. The van der Waals surface area contributed by atoms with Gasteiger partial charge in [0.15, 0.2) is 11.6 Å². The number of carbonyl (C=O) groups excluding carboxylic acids is 1. The largest absolute Gasteiger partial charge is 0.494 e. The number of nitrogens with one attached hydrogen (secondary N) is 3. The van der Waals surface area contributed by atoms with Crippen LogP contribution in [-0.2, 0) is 7.05 Å². The highest BCUT2D eigenvalue weighted by Crippen LogP contribution is 2.40. The van der Waals surface area contributed by atoms with E-state index in [1.54, 1.807) is 23.9 Å². The van der Waals surface area contributed by atoms with Crippen LogP contribution in [0, 0.1) is 0 Å². The van der Waals surface area contributed by atoms with Crippen molar-refractivity contribution in [1.29, 1.82) is 0 Å². The molecule has 0 bridgehead atoms. The van der Waals surface area contributed by atoms with Crippen molar-refractivity contribution >= 4 is 46.2 Å². The lowest BCUT2D eigenvalue weighted by molar-refractivity contribution is 0.101. The van der Waals surface area contributed by atoms with E-state index >= 15 is 0 Å². The molecule has 0 radical (unpaired) electrons. The topological polar surface area (TPSA) is 109 Å². The summed E-state index contributed by atoms with van der Waals surface area (Å²) in [5, 5.41) is 14.6. The van der Waals surface area contributed by atoms with Gasteiger partial charge in [-0.3, -0.25) is 9.48 Å². The summed E-state index contributed by atoms with van der Waals surface area (Å²) in [7, 11) is 3.54. The van der Waals surface area contributed by atoms with E-state index in [2.05, 4.69) is 35.9 Å². The number of nitrogens with zero attached hydrogens (tertiary/aromatic N) is 5. The second-order valence-corrected chi connectivity index (χ2v) is 9.36. The number of benzene rings is 2. The van der Waals surface area contributed by atoms with E-state index in [1.165, 1.54) is 13.1 Å². The van der Waals surface area contributed by atoms with Crippen LogP contribution >= 0.6 is 11.6 Å². The van der Waals surface area contributed by atoms with Crippen molar-refractivity contribution in [2.24, 2.45) is 7.05 Å². The van der Waals surface area contributed by atoms with Crippen molar-refractivity contribution in [2.75, 3.05) is 48.8 Å². The number of hydrogen-bond acceptors (Lipinski definition) is 9. The second kappa shape index (κ2) is 11.1. The van der Waals surface area contributed by atoms with Crippen LogP contribution in [0.25, 0.3) is 11.1 Å². The smallest absolute Gasteiger partial charge is 0.229 e. The molecular weight excluding hydrogens is 504 g/mol. The number of carbonyl (C=O) groups is 1. The van der Waals surface area contributed by atoms with Gasteiger partial charge in [-0.2, -0.15) is 10.1 Å². The van der Waals surface area contributed by atoms with Gasteiger partial charge in [-0.05, 0) is 25.1 Å². The molecular formula is C27H29ClN8O2. The fraction of sp³-hybridized carbons (Fsp3) is 0.259. The van der Waals surface area contributed by atoms with Crippen LogP contribution < -0.4 is 25.6 Å². The Bertz CT molecular complexity index is 1470. The molecule has 3 heterocycles. The van der Waals surface area contributed by atoms with Crippen molar-refractivity contribution in [2.45, 2.75) is 6.92 Å². The van der Waals surface area contributed by atoms with Crippen LogP contribution in [0.1, 0.15) is 17.3 Å². The van der Waals surface area contributed by atoms with Crippen molar-refractivity contribution in [3.05, 3.63) is 65.6 Å². The Kier molecular flexibility index (Phi) is 7.43. The Morgan fingerprint density at radius 2 is 1.89 bits per heavy atom. The van der Waals surface area contributed by atoms with Crippen LogP contribution in [0.4, 0.5) is 28.8 Å². The molecule has 3 N–H and O–H groups in total. The lowest BCUT2D eigenvalue weighted by Crippen LogP contribution is -2.43. The molecule has 0 unspecified atom stereocenters. The third kappa shape index (κ3) is 5.41. The Labute approximate surface area is 226 Å². The summed E-state index contributed by atoms with van der Waals surface area (Å²) in [6.07, 6.45) is 5.36. The quantitative estimate of drug-likeness (QED) is 0.279. The van der Waals surface area contributed by atoms with Gasteiger partial charge in [-0.15, -0.1) is 0 Å². The lowest BCUT2D eigenvalue weighted by atomic mass is 10.0. The molecule has 1 saturated heterocycles. The molecule has 1 aliphatic heterocycles. The van der Waals surface area contributed by atoms with Gasteiger partial charge in [-0.25, -0.2) is 4.98 Å². The van der Waals surface area contributed by atoms with E-state index in [1.807, 2.05) is 43.7 Å². The van der Waals surface area contributed by atoms with Gasteiger partial charge in [0, 0.05) is 67.9 Å². The molecule has 0 saturated carbocycles. The highest BCUT2D eigenvalue weighted by molar-refractivity contribution is 6.33. The minimum Gasteiger partial charge on any atom is -0.494 e.